The van der Waals surface area contributed by atoms with E-state index in [2.05, 4.69) is 35.0 Å². The summed E-state index contributed by atoms with van der Waals surface area (Å²) in [4.78, 5) is 19.3. The number of ether oxygens (including phenoxy) is 1. The van der Waals surface area contributed by atoms with Crippen molar-refractivity contribution >= 4 is 27.5 Å². The van der Waals surface area contributed by atoms with Gasteiger partial charge in [0.2, 0.25) is 5.91 Å². The molecule has 0 radical (unpaired) electrons. The zero-order valence-electron chi connectivity index (χ0n) is 15.6. The highest BCUT2D eigenvalue weighted by Gasteiger charge is 2.26. The number of piperidine rings is 1. The SMILES string of the molecule is Cc1cccc2sc(OC3CCN(C(=O)CC4CCCCC4)CC3)nc12. The molecular weight excluding hydrogens is 344 g/mol. The Kier molecular flexibility index (Phi) is 5.44. The zero-order chi connectivity index (χ0) is 17.9. The number of fused-ring (bicyclic) bond motifs is 1. The fourth-order valence-electron chi connectivity index (χ4n) is 4.25. The molecule has 1 aliphatic carbocycles. The molecule has 2 aliphatic rings. The summed E-state index contributed by atoms with van der Waals surface area (Å²) in [5.74, 6) is 0.974. The van der Waals surface area contributed by atoms with Gasteiger partial charge in [-0.05, 0) is 37.3 Å². The van der Waals surface area contributed by atoms with E-state index < -0.39 is 0 Å². The molecule has 140 valence electrons. The van der Waals surface area contributed by atoms with Gasteiger partial charge in [0.1, 0.15) is 6.10 Å². The van der Waals surface area contributed by atoms with Crippen LogP contribution in [-0.2, 0) is 4.79 Å². The van der Waals surface area contributed by atoms with Crippen molar-refractivity contribution in [1.29, 1.82) is 0 Å². The zero-order valence-corrected chi connectivity index (χ0v) is 16.4. The molecule has 1 aromatic heterocycles. The lowest BCUT2D eigenvalue weighted by Gasteiger charge is -2.33. The molecule has 1 aromatic carbocycles. The molecule has 4 nitrogen and oxygen atoms in total. The Morgan fingerprint density at radius 2 is 1.96 bits per heavy atom. The van der Waals surface area contributed by atoms with Crippen LogP contribution in [0.3, 0.4) is 0 Å². The molecule has 0 N–H and O–H groups in total. The van der Waals surface area contributed by atoms with Crippen LogP contribution in [-0.4, -0.2) is 35.0 Å². The molecule has 5 heteroatoms. The van der Waals surface area contributed by atoms with Gasteiger partial charge in [-0.2, -0.15) is 0 Å². The maximum Gasteiger partial charge on any atom is 0.274 e. The molecule has 26 heavy (non-hydrogen) atoms. The average molecular weight is 373 g/mol. The van der Waals surface area contributed by atoms with Crippen LogP contribution in [0, 0.1) is 12.8 Å². The molecule has 0 spiro atoms. The Morgan fingerprint density at radius 1 is 1.19 bits per heavy atom. The topological polar surface area (TPSA) is 42.4 Å². The summed E-state index contributed by atoms with van der Waals surface area (Å²) in [6.07, 6.45) is 9.17. The highest BCUT2D eigenvalue weighted by atomic mass is 32.1. The number of carbonyl (C=O) groups is 1. The first kappa shape index (κ1) is 17.8. The molecule has 1 aliphatic heterocycles. The summed E-state index contributed by atoms with van der Waals surface area (Å²) < 4.78 is 7.32. The van der Waals surface area contributed by atoms with Crippen LogP contribution in [0.4, 0.5) is 0 Å². The molecule has 1 saturated heterocycles. The van der Waals surface area contributed by atoms with Gasteiger partial charge in [-0.3, -0.25) is 4.79 Å². The number of likely N-dealkylation sites (tertiary alicyclic amines) is 1. The Hall–Kier alpha value is -1.62. The Labute approximate surface area is 159 Å². The summed E-state index contributed by atoms with van der Waals surface area (Å²) in [5, 5.41) is 0.765. The molecule has 2 fully saturated rings. The number of benzene rings is 1. The first-order valence-electron chi connectivity index (χ1n) is 9.99. The molecule has 0 bridgehead atoms. The molecule has 1 saturated carbocycles. The van der Waals surface area contributed by atoms with Gasteiger partial charge in [-0.25, -0.2) is 4.98 Å². The number of aromatic nitrogens is 1. The second kappa shape index (κ2) is 7.95. The number of carbonyl (C=O) groups excluding carboxylic acids is 1. The number of hydrogen-bond acceptors (Lipinski definition) is 4. The molecular formula is C21H28N2O2S. The van der Waals surface area contributed by atoms with Crippen LogP contribution in [0.1, 0.15) is 56.9 Å². The Balaban J connectivity index is 1.28. The first-order chi connectivity index (χ1) is 12.7. The van der Waals surface area contributed by atoms with Crippen molar-refractivity contribution in [3.8, 4) is 5.19 Å². The van der Waals surface area contributed by atoms with Crippen molar-refractivity contribution in [3.63, 3.8) is 0 Å². The van der Waals surface area contributed by atoms with Crippen molar-refractivity contribution in [3.05, 3.63) is 23.8 Å². The molecule has 2 heterocycles. The maximum absolute atomic E-state index is 12.6. The van der Waals surface area contributed by atoms with Gasteiger partial charge < -0.3 is 9.64 Å². The lowest BCUT2D eigenvalue weighted by molar-refractivity contribution is -0.134. The number of hydrogen-bond donors (Lipinski definition) is 0. The summed E-state index contributed by atoms with van der Waals surface area (Å²) in [6, 6.07) is 6.25. The van der Waals surface area contributed by atoms with Gasteiger partial charge in [0.05, 0.1) is 10.2 Å². The second-order valence-corrected chi connectivity index (χ2v) is 8.80. The van der Waals surface area contributed by atoms with Crippen molar-refractivity contribution in [2.45, 2.75) is 64.4 Å². The van der Waals surface area contributed by atoms with E-state index in [4.69, 9.17) is 4.74 Å². The van der Waals surface area contributed by atoms with Gasteiger partial charge in [-0.1, -0.05) is 42.7 Å². The van der Waals surface area contributed by atoms with Gasteiger partial charge in [0.15, 0.2) is 0 Å². The van der Waals surface area contributed by atoms with E-state index in [1.807, 2.05) is 0 Å². The predicted molar refractivity (Wildman–Crippen MR) is 106 cm³/mol. The van der Waals surface area contributed by atoms with Crippen LogP contribution < -0.4 is 4.74 Å². The number of thiazole rings is 1. The van der Waals surface area contributed by atoms with Crippen LogP contribution in [0.5, 0.6) is 5.19 Å². The van der Waals surface area contributed by atoms with Gasteiger partial charge in [0.25, 0.3) is 5.19 Å². The van der Waals surface area contributed by atoms with Gasteiger partial charge >= 0.3 is 0 Å². The van der Waals surface area contributed by atoms with Crippen molar-refractivity contribution in [2.75, 3.05) is 13.1 Å². The maximum atomic E-state index is 12.6. The van der Waals surface area contributed by atoms with E-state index >= 15 is 0 Å². The molecule has 1 amide bonds. The lowest BCUT2D eigenvalue weighted by atomic mass is 9.86. The minimum absolute atomic E-state index is 0.176. The summed E-state index contributed by atoms with van der Waals surface area (Å²) >= 11 is 1.62. The van der Waals surface area contributed by atoms with Gasteiger partial charge in [-0.15, -0.1) is 0 Å². The average Bonchev–Trinajstić information content (AvgIpc) is 3.07. The van der Waals surface area contributed by atoms with Crippen LogP contribution in [0.15, 0.2) is 18.2 Å². The van der Waals surface area contributed by atoms with E-state index in [1.54, 1.807) is 11.3 Å². The summed E-state index contributed by atoms with van der Waals surface area (Å²) in [7, 11) is 0. The van der Waals surface area contributed by atoms with Crippen LogP contribution in [0.25, 0.3) is 10.2 Å². The van der Waals surface area contributed by atoms with E-state index in [0.29, 0.717) is 11.8 Å². The third-order valence-electron chi connectivity index (χ3n) is 5.85. The van der Waals surface area contributed by atoms with E-state index in [0.717, 1.165) is 43.1 Å². The van der Waals surface area contributed by atoms with Crippen molar-refractivity contribution < 1.29 is 9.53 Å². The van der Waals surface area contributed by atoms with E-state index in [1.165, 1.54) is 42.4 Å². The Morgan fingerprint density at radius 3 is 2.69 bits per heavy atom. The third-order valence-corrected chi connectivity index (χ3v) is 6.76. The van der Waals surface area contributed by atoms with E-state index in [9.17, 15) is 4.79 Å². The molecule has 0 atom stereocenters. The minimum Gasteiger partial charge on any atom is -0.467 e. The van der Waals surface area contributed by atoms with Gasteiger partial charge in [0, 0.05) is 32.4 Å². The number of para-hydroxylation sites is 1. The largest absolute Gasteiger partial charge is 0.467 e. The van der Waals surface area contributed by atoms with Crippen molar-refractivity contribution in [1.82, 2.24) is 9.88 Å². The normalized spacial score (nSPS) is 19.8. The second-order valence-electron chi connectivity index (χ2n) is 7.81. The number of amides is 1. The quantitative estimate of drug-likeness (QED) is 0.763. The summed E-state index contributed by atoms with van der Waals surface area (Å²) in [5.41, 5.74) is 2.24. The smallest absolute Gasteiger partial charge is 0.274 e. The fraction of sp³-hybridized carbons (Fsp3) is 0.619. The van der Waals surface area contributed by atoms with Crippen LogP contribution >= 0.6 is 11.3 Å². The predicted octanol–water partition coefficient (Wildman–Crippen LogP) is 4.94. The van der Waals surface area contributed by atoms with Crippen LogP contribution in [0.2, 0.25) is 0 Å². The first-order valence-corrected chi connectivity index (χ1v) is 10.8. The fourth-order valence-corrected chi connectivity index (χ4v) is 5.21. The minimum atomic E-state index is 0.176. The van der Waals surface area contributed by atoms with Crippen molar-refractivity contribution in [2.24, 2.45) is 5.92 Å². The number of rotatable bonds is 4. The summed E-state index contributed by atoms with van der Waals surface area (Å²) in [6.45, 7) is 3.72. The van der Waals surface area contributed by atoms with E-state index in [-0.39, 0.29) is 6.10 Å². The molecule has 0 unspecified atom stereocenters. The Bertz CT molecular complexity index is 758. The number of nitrogens with zero attached hydrogens (tertiary/aromatic N) is 2. The number of aryl methyl sites for hydroxylation is 1. The lowest BCUT2D eigenvalue weighted by Crippen LogP contribution is -2.42. The molecule has 4 rings (SSSR count). The highest BCUT2D eigenvalue weighted by molar-refractivity contribution is 7.20. The highest BCUT2D eigenvalue weighted by Crippen LogP contribution is 2.32. The third kappa shape index (κ3) is 4.03. The molecule has 2 aromatic rings. The monoisotopic (exact) mass is 372 g/mol. The standard InChI is InChI=1S/C21H28N2O2S/c1-15-6-5-9-18-20(15)22-21(26-18)25-17-10-12-23(13-11-17)19(24)14-16-7-3-2-4-8-16/h5-6,9,16-17H,2-4,7-8,10-14H2,1H3.